The zero-order valence-corrected chi connectivity index (χ0v) is 11.0. The fraction of sp³-hybridized carbons (Fsp3) is 0.571. The Hall–Kier alpha value is -1.26. The van der Waals surface area contributed by atoms with E-state index in [1.165, 1.54) is 0 Å². The van der Waals surface area contributed by atoms with Crippen molar-refractivity contribution < 1.29 is 14.6 Å². The minimum absolute atomic E-state index is 0.145. The minimum atomic E-state index is -0.251. The van der Waals surface area contributed by atoms with Gasteiger partial charge >= 0.3 is 0 Å². The van der Waals surface area contributed by atoms with E-state index in [2.05, 4.69) is 12.2 Å². The highest BCUT2D eigenvalue weighted by molar-refractivity contribution is 5.45. The molecule has 0 amide bonds. The molecule has 1 heterocycles. The molecule has 0 aliphatic carbocycles. The van der Waals surface area contributed by atoms with Gasteiger partial charge in [0.25, 0.3) is 0 Å². The van der Waals surface area contributed by atoms with Crippen LogP contribution in [0, 0.1) is 0 Å². The van der Waals surface area contributed by atoms with E-state index >= 15 is 0 Å². The Kier molecular flexibility index (Phi) is 4.09. The maximum Gasteiger partial charge on any atom is 0.161 e. The average Bonchev–Trinajstić information content (AvgIpc) is 2.63. The molecule has 18 heavy (non-hydrogen) atoms. The van der Waals surface area contributed by atoms with Crippen LogP contribution in [0.4, 0.5) is 0 Å². The summed E-state index contributed by atoms with van der Waals surface area (Å²) in [5.74, 6) is 1.60. The number of nitrogens with one attached hydrogen (secondary N) is 1. The van der Waals surface area contributed by atoms with Crippen molar-refractivity contribution in [2.24, 2.45) is 0 Å². The molecule has 1 aromatic carbocycles. The molecule has 100 valence electrons. The van der Waals surface area contributed by atoms with Gasteiger partial charge in [0, 0.05) is 18.6 Å². The van der Waals surface area contributed by atoms with Crippen molar-refractivity contribution in [1.29, 1.82) is 0 Å². The summed E-state index contributed by atoms with van der Waals surface area (Å²) in [6.07, 6.45) is 1.56. The summed E-state index contributed by atoms with van der Waals surface area (Å²) in [6.45, 7) is 3.60. The molecule has 1 aliphatic rings. The Morgan fingerprint density at radius 3 is 2.67 bits per heavy atom. The molecular weight excluding hydrogens is 230 g/mol. The first kappa shape index (κ1) is 13.2. The lowest BCUT2D eigenvalue weighted by molar-refractivity contribution is 0.227. The number of fused-ring (bicyclic) bond motifs is 1. The van der Waals surface area contributed by atoms with E-state index < -0.39 is 0 Å². The van der Waals surface area contributed by atoms with Crippen LogP contribution in [-0.2, 0) is 5.54 Å². The zero-order chi connectivity index (χ0) is 13.0. The first-order chi connectivity index (χ1) is 8.69. The highest BCUT2D eigenvalue weighted by atomic mass is 16.5. The molecule has 4 nitrogen and oxygen atoms in total. The van der Waals surface area contributed by atoms with Gasteiger partial charge in [-0.25, -0.2) is 0 Å². The quantitative estimate of drug-likeness (QED) is 0.854. The average molecular weight is 251 g/mol. The molecular formula is C14H21NO3. The largest absolute Gasteiger partial charge is 0.490 e. The number of aliphatic hydroxyl groups excluding tert-OH is 1. The zero-order valence-electron chi connectivity index (χ0n) is 11.0. The van der Waals surface area contributed by atoms with Crippen LogP contribution < -0.4 is 14.8 Å². The maximum absolute atomic E-state index is 9.18. The number of ether oxygens (including phenoxy) is 2. The summed E-state index contributed by atoms with van der Waals surface area (Å²) in [4.78, 5) is 0. The van der Waals surface area contributed by atoms with Gasteiger partial charge in [-0.05, 0) is 38.1 Å². The van der Waals surface area contributed by atoms with Crippen LogP contribution >= 0.6 is 0 Å². The molecule has 0 spiro atoms. The number of aliphatic hydroxyl groups is 1. The third kappa shape index (κ3) is 2.60. The normalized spacial score (nSPS) is 17.9. The van der Waals surface area contributed by atoms with Gasteiger partial charge in [-0.15, -0.1) is 0 Å². The Balaban J connectivity index is 2.31. The highest BCUT2D eigenvalue weighted by Crippen LogP contribution is 2.35. The van der Waals surface area contributed by atoms with E-state index in [0.29, 0.717) is 19.6 Å². The molecule has 1 aliphatic heterocycles. The van der Waals surface area contributed by atoms with E-state index in [1.807, 2.05) is 25.2 Å². The van der Waals surface area contributed by atoms with Crippen molar-refractivity contribution in [2.45, 2.75) is 25.3 Å². The number of hydrogen-bond acceptors (Lipinski definition) is 4. The molecule has 0 bridgehead atoms. The van der Waals surface area contributed by atoms with Crippen molar-refractivity contribution in [1.82, 2.24) is 5.32 Å². The topological polar surface area (TPSA) is 50.7 Å². The monoisotopic (exact) mass is 251 g/mol. The van der Waals surface area contributed by atoms with E-state index in [9.17, 15) is 5.11 Å². The SMILES string of the molecule is CNC(C)(CCO)c1ccc2c(c1)OCCCO2. The molecule has 1 unspecified atom stereocenters. The summed E-state index contributed by atoms with van der Waals surface area (Å²) in [7, 11) is 1.90. The van der Waals surface area contributed by atoms with Gasteiger partial charge < -0.3 is 19.9 Å². The van der Waals surface area contributed by atoms with Crippen LogP contribution in [0.1, 0.15) is 25.3 Å². The van der Waals surface area contributed by atoms with Crippen LogP contribution in [-0.4, -0.2) is 32.0 Å². The molecule has 1 atom stereocenters. The Bertz CT molecular complexity index is 408. The molecule has 2 N–H and O–H groups in total. The summed E-state index contributed by atoms with van der Waals surface area (Å²) >= 11 is 0. The fourth-order valence-electron chi connectivity index (χ4n) is 2.14. The smallest absolute Gasteiger partial charge is 0.161 e. The van der Waals surface area contributed by atoms with Crippen LogP contribution in [0.25, 0.3) is 0 Å². The second-order valence-electron chi connectivity index (χ2n) is 4.77. The van der Waals surface area contributed by atoms with E-state index in [4.69, 9.17) is 9.47 Å². The summed E-state index contributed by atoms with van der Waals surface area (Å²) in [5, 5.41) is 12.4. The number of rotatable bonds is 4. The molecule has 0 radical (unpaired) electrons. The van der Waals surface area contributed by atoms with Crippen molar-refractivity contribution in [2.75, 3.05) is 26.9 Å². The first-order valence-corrected chi connectivity index (χ1v) is 6.39. The van der Waals surface area contributed by atoms with Gasteiger partial charge in [-0.3, -0.25) is 0 Å². The maximum atomic E-state index is 9.18. The van der Waals surface area contributed by atoms with Crippen LogP contribution in [0.3, 0.4) is 0 Å². The van der Waals surface area contributed by atoms with Crippen molar-refractivity contribution in [3.05, 3.63) is 23.8 Å². The predicted octanol–water partition coefficient (Wildman–Crippen LogP) is 1.66. The van der Waals surface area contributed by atoms with Gasteiger partial charge in [0.2, 0.25) is 0 Å². The van der Waals surface area contributed by atoms with E-state index in [-0.39, 0.29) is 12.1 Å². The summed E-state index contributed by atoms with van der Waals surface area (Å²) < 4.78 is 11.3. The van der Waals surface area contributed by atoms with Gasteiger partial charge in [0.15, 0.2) is 11.5 Å². The molecule has 1 aromatic rings. The summed E-state index contributed by atoms with van der Waals surface area (Å²) in [6, 6.07) is 5.98. The number of benzene rings is 1. The Morgan fingerprint density at radius 1 is 1.28 bits per heavy atom. The predicted molar refractivity (Wildman–Crippen MR) is 70.2 cm³/mol. The van der Waals surface area contributed by atoms with Gasteiger partial charge in [0.05, 0.1) is 13.2 Å². The van der Waals surface area contributed by atoms with Gasteiger partial charge in [-0.2, -0.15) is 0 Å². The van der Waals surface area contributed by atoms with Crippen LogP contribution in [0.2, 0.25) is 0 Å². The molecule has 0 saturated carbocycles. The lowest BCUT2D eigenvalue weighted by atomic mass is 9.89. The standard InChI is InChI=1S/C14H21NO3/c1-14(15-2,6-7-16)11-4-5-12-13(10-11)18-9-3-8-17-12/h4-5,10,15-16H,3,6-9H2,1-2H3. The Labute approximate surface area is 108 Å². The van der Waals surface area contributed by atoms with Crippen molar-refractivity contribution >= 4 is 0 Å². The first-order valence-electron chi connectivity index (χ1n) is 6.39. The van der Waals surface area contributed by atoms with Crippen molar-refractivity contribution in [3.8, 4) is 11.5 Å². The fourth-order valence-corrected chi connectivity index (χ4v) is 2.14. The summed E-state index contributed by atoms with van der Waals surface area (Å²) in [5.41, 5.74) is 0.850. The molecule has 0 fully saturated rings. The molecule has 0 saturated heterocycles. The second-order valence-corrected chi connectivity index (χ2v) is 4.77. The van der Waals surface area contributed by atoms with Gasteiger partial charge in [-0.1, -0.05) is 6.07 Å². The molecule has 4 heteroatoms. The number of hydrogen-bond donors (Lipinski definition) is 2. The van der Waals surface area contributed by atoms with Crippen LogP contribution in [0.5, 0.6) is 11.5 Å². The van der Waals surface area contributed by atoms with E-state index in [1.54, 1.807) is 0 Å². The second kappa shape index (κ2) is 5.59. The third-order valence-electron chi connectivity index (χ3n) is 3.55. The molecule has 2 rings (SSSR count). The minimum Gasteiger partial charge on any atom is -0.490 e. The lowest BCUT2D eigenvalue weighted by Crippen LogP contribution is -2.37. The molecule has 0 aromatic heterocycles. The van der Waals surface area contributed by atoms with Crippen molar-refractivity contribution in [3.63, 3.8) is 0 Å². The lowest BCUT2D eigenvalue weighted by Gasteiger charge is -2.29. The van der Waals surface area contributed by atoms with Crippen LogP contribution in [0.15, 0.2) is 18.2 Å². The highest BCUT2D eigenvalue weighted by Gasteiger charge is 2.25. The van der Waals surface area contributed by atoms with Gasteiger partial charge in [0.1, 0.15) is 0 Å². The van der Waals surface area contributed by atoms with E-state index in [0.717, 1.165) is 23.5 Å². The third-order valence-corrected chi connectivity index (χ3v) is 3.55. The Morgan fingerprint density at radius 2 is 2.00 bits per heavy atom.